The minimum Gasteiger partial charge on any atom is -0.495 e. The molecule has 1 rings (SSSR count). The minimum atomic E-state index is -3.04. The average molecular weight is 306 g/mol. The van der Waals surface area contributed by atoms with Crippen LogP contribution in [0.25, 0.3) is 0 Å². The van der Waals surface area contributed by atoms with Gasteiger partial charge in [-0.3, -0.25) is 4.79 Å². The first kappa shape index (κ1) is 15.8. The van der Waals surface area contributed by atoms with E-state index in [2.05, 4.69) is 5.32 Å². The molecule has 0 bridgehead atoms. The molecule has 1 aromatic rings. The number of halogens is 1. The van der Waals surface area contributed by atoms with Crippen LogP contribution in [0.3, 0.4) is 0 Å². The Morgan fingerprint density at radius 2 is 2.11 bits per heavy atom. The summed E-state index contributed by atoms with van der Waals surface area (Å²) in [6.45, 7) is 0. The fourth-order valence-corrected chi connectivity index (χ4v) is 2.33. The van der Waals surface area contributed by atoms with Crippen LogP contribution in [0.1, 0.15) is 12.8 Å². The number of hydrogen-bond donors (Lipinski definition) is 1. The third kappa shape index (κ3) is 5.94. The van der Waals surface area contributed by atoms with Crippen molar-refractivity contribution >= 4 is 33.0 Å². The number of sulfone groups is 1. The van der Waals surface area contributed by atoms with E-state index in [9.17, 15) is 13.2 Å². The molecule has 106 valence electrons. The number of benzene rings is 1. The van der Waals surface area contributed by atoms with E-state index in [0.29, 0.717) is 16.5 Å². The Kier molecular flexibility index (Phi) is 5.62. The van der Waals surface area contributed by atoms with Crippen molar-refractivity contribution in [2.45, 2.75) is 12.8 Å². The molecule has 7 heteroatoms. The van der Waals surface area contributed by atoms with Crippen LogP contribution in [0.15, 0.2) is 18.2 Å². The quantitative estimate of drug-likeness (QED) is 0.873. The molecule has 0 heterocycles. The zero-order valence-electron chi connectivity index (χ0n) is 10.8. The predicted molar refractivity (Wildman–Crippen MR) is 75.6 cm³/mol. The van der Waals surface area contributed by atoms with Gasteiger partial charge in [0.25, 0.3) is 0 Å². The van der Waals surface area contributed by atoms with Crippen molar-refractivity contribution in [3.05, 3.63) is 23.2 Å². The first-order valence-corrected chi connectivity index (χ1v) is 8.07. The van der Waals surface area contributed by atoms with Gasteiger partial charge in [-0.15, -0.1) is 0 Å². The highest BCUT2D eigenvalue weighted by molar-refractivity contribution is 7.90. The molecule has 0 fully saturated rings. The Balaban J connectivity index is 2.59. The monoisotopic (exact) mass is 305 g/mol. The van der Waals surface area contributed by atoms with Gasteiger partial charge in [0.15, 0.2) is 0 Å². The topological polar surface area (TPSA) is 72.5 Å². The van der Waals surface area contributed by atoms with Crippen molar-refractivity contribution in [2.24, 2.45) is 0 Å². The Morgan fingerprint density at radius 3 is 2.68 bits per heavy atom. The van der Waals surface area contributed by atoms with Crippen LogP contribution in [-0.2, 0) is 14.6 Å². The van der Waals surface area contributed by atoms with E-state index in [-0.39, 0.29) is 24.5 Å². The molecule has 19 heavy (non-hydrogen) atoms. The highest BCUT2D eigenvalue weighted by Gasteiger charge is 2.09. The van der Waals surface area contributed by atoms with Gasteiger partial charge in [0.1, 0.15) is 15.6 Å². The minimum absolute atomic E-state index is 0.00684. The predicted octanol–water partition coefficient (Wildman–Crippen LogP) is 2.11. The smallest absolute Gasteiger partial charge is 0.224 e. The molecule has 0 unspecified atom stereocenters. The van der Waals surface area contributed by atoms with Crippen molar-refractivity contribution in [2.75, 3.05) is 24.4 Å². The van der Waals surface area contributed by atoms with Gasteiger partial charge in [-0.1, -0.05) is 11.6 Å². The third-order valence-electron chi connectivity index (χ3n) is 2.35. The summed E-state index contributed by atoms with van der Waals surface area (Å²) in [5.41, 5.74) is 0.472. The summed E-state index contributed by atoms with van der Waals surface area (Å²) in [6, 6.07) is 4.88. The number of carbonyl (C=O) groups excluding carboxylic acids is 1. The van der Waals surface area contributed by atoms with Gasteiger partial charge in [-0.25, -0.2) is 8.42 Å². The van der Waals surface area contributed by atoms with E-state index in [1.165, 1.54) is 7.11 Å². The van der Waals surface area contributed by atoms with Crippen LogP contribution in [0.2, 0.25) is 5.02 Å². The summed E-state index contributed by atoms with van der Waals surface area (Å²) < 4.78 is 27.0. The molecular formula is C12H16ClNO4S. The lowest BCUT2D eigenvalue weighted by atomic mass is 10.2. The van der Waals surface area contributed by atoms with Gasteiger partial charge in [-0.05, 0) is 24.6 Å². The standard InChI is InChI=1S/C12H16ClNO4S/c1-18-11-6-5-9(13)8-10(11)14-12(15)4-3-7-19(2,16)17/h5-6,8H,3-4,7H2,1-2H3,(H,14,15). The molecule has 0 radical (unpaired) electrons. The molecule has 1 amide bonds. The first-order valence-electron chi connectivity index (χ1n) is 5.63. The average Bonchev–Trinajstić information content (AvgIpc) is 2.27. The lowest BCUT2D eigenvalue weighted by Crippen LogP contribution is -2.14. The molecular weight excluding hydrogens is 290 g/mol. The maximum absolute atomic E-state index is 11.7. The second-order valence-corrected chi connectivity index (χ2v) is 6.82. The molecule has 5 nitrogen and oxygen atoms in total. The Hall–Kier alpha value is -1.27. The van der Waals surface area contributed by atoms with Gasteiger partial charge in [0.2, 0.25) is 5.91 Å². The Morgan fingerprint density at radius 1 is 1.42 bits per heavy atom. The summed E-state index contributed by atoms with van der Waals surface area (Å²) in [6.07, 6.45) is 1.56. The van der Waals surface area contributed by atoms with E-state index in [0.717, 1.165) is 6.26 Å². The molecule has 0 aromatic heterocycles. The van der Waals surface area contributed by atoms with Crippen molar-refractivity contribution in [1.82, 2.24) is 0 Å². The normalized spacial score (nSPS) is 11.1. The number of methoxy groups -OCH3 is 1. The van der Waals surface area contributed by atoms with Crippen LogP contribution < -0.4 is 10.1 Å². The fourth-order valence-electron chi connectivity index (χ4n) is 1.49. The molecule has 1 N–H and O–H groups in total. The second kappa shape index (κ2) is 6.77. The molecule has 0 aliphatic carbocycles. The summed E-state index contributed by atoms with van der Waals surface area (Å²) >= 11 is 5.84. The molecule has 0 atom stereocenters. The maximum Gasteiger partial charge on any atom is 0.224 e. The number of hydrogen-bond acceptors (Lipinski definition) is 4. The zero-order chi connectivity index (χ0) is 14.5. The highest BCUT2D eigenvalue weighted by Crippen LogP contribution is 2.27. The van der Waals surface area contributed by atoms with Gasteiger partial charge in [0.05, 0.1) is 18.6 Å². The number of nitrogens with one attached hydrogen (secondary N) is 1. The molecule has 0 saturated carbocycles. The number of ether oxygens (including phenoxy) is 1. The second-order valence-electron chi connectivity index (χ2n) is 4.13. The van der Waals surface area contributed by atoms with Crippen molar-refractivity contribution < 1.29 is 17.9 Å². The van der Waals surface area contributed by atoms with Crippen LogP contribution in [0, 0.1) is 0 Å². The number of rotatable bonds is 6. The molecule has 0 aliphatic rings. The number of carbonyl (C=O) groups is 1. The van der Waals surface area contributed by atoms with E-state index < -0.39 is 9.84 Å². The number of amides is 1. The van der Waals surface area contributed by atoms with Crippen molar-refractivity contribution in [3.8, 4) is 5.75 Å². The number of anilines is 1. The van der Waals surface area contributed by atoms with Crippen LogP contribution in [0.5, 0.6) is 5.75 Å². The van der Waals surface area contributed by atoms with E-state index in [1.807, 2.05) is 0 Å². The molecule has 0 saturated heterocycles. The van der Waals surface area contributed by atoms with Gasteiger partial charge in [0, 0.05) is 17.7 Å². The van der Waals surface area contributed by atoms with E-state index in [1.54, 1.807) is 18.2 Å². The summed E-state index contributed by atoms with van der Waals surface area (Å²) in [7, 11) is -1.55. The lowest BCUT2D eigenvalue weighted by Gasteiger charge is -2.10. The van der Waals surface area contributed by atoms with E-state index in [4.69, 9.17) is 16.3 Å². The summed E-state index contributed by atoms with van der Waals surface area (Å²) in [4.78, 5) is 11.7. The highest BCUT2D eigenvalue weighted by atomic mass is 35.5. The van der Waals surface area contributed by atoms with E-state index >= 15 is 0 Å². The van der Waals surface area contributed by atoms with Gasteiger partial charge in [-0.2, -0.15) is 0 Å². The van der Waals surface area contributed by atoms with Crippen molar-refractivity contribution in [1.29, 1.82) is 0 Å². The lowest BCUT2D eigenvalue weighted by molar-refractivity contribution is -0.116. The third-order valence-corrected chi connectivity index (χ3v) is 3.62. The Labute approximate surface area is 117 Å². The maximum atomic E-state index is 11.7. The van der Waals surface area contributed by atoms with Crippen molar-refractivity contribution in [3.63, 3.8) is 0 Å². The zero-order valence-corrected chi connectivity index (χ0v) is 12.3. The summed E-state index contributed by atoms with van der Waals surface area (Å²) in [5, 5.41) is 3.12. The largest absolute Gasteiger partial charge is 0.495 e. The van der Waals surface area contributed by atoms with Crippen LogP contribution in [-0.4, -0.2) is 33.4 Å². The van der Waals surface area contributed by atoms with Crippen LogP contribution in [0.4, 0.5) is 5.69 Å². The van der Waals surface area contributed by atoms with Crippen LogP contribution >= 0.6 is 11.6 Å². The first-order chi connectivity index (χ1) is 8.81. The fraction of sp³-hybridized carbons (Fsp3) is 0.417. The molecule has 0 spiro atoms. The SMILES string of the molecule is COc1ccc(Cl)cc1NC(=O)CCCS(C)(=O)=O. The molecule has 0 aliphatic heterocycles. The molecule has 1 aromatic carbocycles. The van der Waals surface area contributed by atoms with Gasteiger partial charge < -0.3 is 10.1 Å². The Bertz CT molecular complexity index is 557. The van der Waals surface area contributed by atoms with Gasteiger partial charge >= 0.3 is 0 Å². The summed E-state index contributed by atoms with van der Waals surface area (Å²) in [5.74, 6) is 0.220.